The zero-order chi connectivity index (χ0) is 22.3. The Bertz CT molecular complexity index is 572. The average Bonchev–Trinajstić information content (AvgIpc) is 3.42. The van der Waals surface area contributed by atoms with Crippen LogP contribution in [0, 0.1) is 39.9 Å². The van der Waals surface area contributed by atoms with Crippen molar-refractivity contribution < 1.29 is 0 Å². The molecule has 31 heavy (non-hydrogen) atoms. The van der Waals surface area contributed by atoms with Gasteiger partial charge in [-0.15, -0.1) is 0 Å². The predicted molar refractivity (Wildman–Crippen MR) is 134 cm³/mol. The molecule has 0 N–H and O–H groups in total. The number of rotatable bonds is 9. The molecule has 0 radical (unpaired) electrons. The van der Waals surface area contributed by atoms with Gasteiger partial charge < -0.3 is 9.80 Å². The molecule has 3 atom stereocenters. The van der Waals surface area contributed by atoms with Crippen LogP contribution in [0.25, 0.3) is 0 Å². The normalized spacial score (nSPS) is 31.0. The number of piperidine rings is 2. The van der Waals surface area contributed by atoms with Crippen LogP contribution < -0.4 is 0 Å². The van der Waals surface area contributed by atoms with Gasteiger partial charge in [-0.3, -0.25) is 0 Å². The second-order valence-electron chi connectivity index (χ2n) is 13.5. The zero-order valence-corrected chi connectivity index (χ0v) is 22.0. The highest BCUT2D eigenvalue weighted by Gasteiger charge is 2.54. The van der Waals surface area contributed by atoms with Gasteiger partial charge in [0, 0.05) is 0 Å². The molecule has 0 aromatic carbocycles. The minimum atomic E-state index is 0.539. The topological polar surface area (TPSA) is 6.48 Å². The molecule has 2 heteroatoms. The molecule has 0 bridgehead atoms. The quantitative estimate of drug-likeness (QED) is 0.385. The summed E-state index contributed by atoms with van der Waals surface area (Å²) in [6, 6.07) is 0. The van der Waals surface area contributed by atoms with Crippen LogP contribution in [0.2, 0.25) is 0 Å². The van der Waals surface area contributed by atoms with Gasteiger partial charge in [0.1, 0.15) is 0 Å². The molecule has 2 aliphatic heterocycles. The standard InChI is InChI=1S/C29H54N2/c1-7-24(23(3)9-10-25-22-29(25)13-15-30(6)16-14-29)19-27(4,5)26-20-28(21-26)11-17-31(8-2)18-12-28/h23-26H,7-22H2,1-6H3. The summed E-state index contributed by atoms with van der Waals surface area (Å²) >= 11 is 0. The van der Waals surface area contributed by atoms with E-state index in [1.807, 2.05) is 0 Å². The molecule has 2 saturated heterocycles. The first kappa shape index (κ1) is 24.1. The summed E-state index contributed by atoms with van der Waals surface area (Å²) in [4.78, 5) is 5.20. The molecule has 4 rings (SSSR count). The first-order valence-electron chi connectivity index (χ1n) is 14.1. The van der Waals surface area contributed by atoms with Crippen LogP contribution in [-0.2, 0) is 0 Å². The Morgan fingerprint density at radius 2 is 1.58 bits per heavy atom. The molecule has 2 saturated carbocycles. The molecule has 4 fully saturated rings. The van der Waals surface area contributed by atoms with Crippen LogP contribution in [0.4, 0.5) is 0 Å². The van der Waals surface area contributed by atoms with Crippen molar-refractivity contribution in [3.8, 4) is 0 Å². The fourth-order valence-electron chi connectivity index (χ4n) is 8.10. The minimum absolute atomic E-state index is 0.539. The Kier molecular flexibility index (Phi) is 7.20. The SMILES string of the molecule is CCC(CC(C)(C)C1CC2(CCN(CC)CC2)C1)C(C)CCC1CC12CCN(C)CC2. The summed E-state index contributed by atoms with van der Waals surface area (Å²) in [6.45, 7) is 19.3. The molecule has 4 aliphatic rings. The van der Waals surface area contributed by atoms with Crippen molar-refractivity contribution in [2.24, 2.45) is 39.9 Å². The lowest BCUT2D eigenvalue weighted by molar-refractivity contribution is -0.0700. The van der Waals surface area contributed by atoms with Gasteiger partial charge in [0.05, 0.1) is 0 Å². The second kappa shape index (κ2) is 9.28. The van der Waals surface area contributed by atoms with Crippen LogP contribution in [0.1, 0.15) is 105 Å². The summed E-state index contributed by atoms with van der Waals surface area (Å²) in [5, 5.41) is 0. The smallest absolute Gasteiger partial charge is 0.00135 e. The second-order valence-corrected chi connectivity index (χ2v) is 13.5. The van der Waals surface area contributed by atoms with Gasteiger partial charge >= 0.3 is 0 Å². The van der Waals surface area contributed by atoms with Crippen LogP contribution in [0.15, 0.2) is 0 Å². The maximum Gasteiger partial charge on any atom is -0.00135 e. The van der Waals surface area contributed by atoms with Crippen molar-refractivity contribution in [3.63, 3.8) is 0 Å². The van der Waals surface area contributed by atoms with Gasteiger partial charge in [-0.25, -0.2) is 0 Å². The maximum atomic E-state index is 2.66. The van der Waals surface area contributed by atoms with E-state index < -0.39 is 0 Å². The van der Waals surface area contributed by atoms with Crippen molar-refractivity contribution >= 4 is 0 Å². The third-order valence-electron chi connectivity index (χ3n) is 11.3. The summed E-state index contributed by atoms with van der Waals surface area (Å²) in [7, 11) is 2.30. The fraction of sp³-hybridized carbons (Fsp3) is 1.00. The van der Waals surface area contributed by atoms with Crippen LogP contribution in [0.5, 0.6) is 0 Å². The molecule has 0 aromatic rings. The molecule has 180 valence electrons. The van der Waals surface area contributed by atoms with Crippen molar-refractivity contribution in [1.82, 2.24) is 9.80 Å². The molecule has 3 unspecified atom stereocenters. The Morgan fingerprint density at radius 1 is 0.935 bits per heavy atom. The summed E-state index contributed by atoms with van der Waals surface area (Å²) in [5.74, 6) is 3.89. The van der Waals surface area contributed by atoms with E-state index in [1.165, 1.54) is 96.9 Å². The van der Waals surface area contributed by atoms with E-state index in [2.05, 4.69) is 51.5 Å². The largest absolute Gasteiger partial charge is 0.306 e. The number of hydrogen-bond donors (Lipinski definition) is 0. The van der Waals surface area contributed by atoms with E-state index in [9.17, 15) is 0 Å². The molecule has 2 heterocycles. The molecular formula is C29H54N2. The Labute approximate surface area is 194 Å². The van der Waals surface area contributed by atoms with Crippen molar-refractivity contribution in [3.05, 3.63) is 0 Å². The monoisotopic (exact) mass is 430 g/mol. The molecule has 0 aromatic heterocycles. The fourth-order valence-corrected chi connectivity index (χ4v) is 8.10. The highest BCUT2D eigenvalue weighted by atomic mass is 15.1. The average molecular weight is 431 g/mol. The van der Waals surface area contributed by atoms with E-state index >= 15 is 0 Å². The van der Waals surface area contributed by atoms with Crippen molar-refractivity contribution in [2.75, 3.05) is 39.8 Å². The number of likely N-dealkylation sites (tertiary alicyclic amines) is 2. The van der Waals surface area contributed by atoms with Gasteiger partial charge in [0.2, 0.25) is 0 Å². The maximum absolute atomic E-state index is 2.66. The Balaban J connectivity index is 1.21. The van der Waals surface area contributed by atoms with Gasteiger partial charge in [0.15, 0.2) is 0 Å². The zero-order valence-electron chi connectivity index (χ0n) is 22.0. The highest BCUT2D eigenvalue weighted by Crippen LogP contribution is 2.62. The van der Waals surface area contributed by atoms with Crippen molar-refractivity contribution in [2.45, 2.75) is 105 Å². The summed E-state index contributed by atoms with van der Waals surface area (Å²) in [5.41, 5.74) is 2.05. The van der Waals surface area contributed by atoms with Crippen molar-refractivity contribution in [1.29, 1.82) is 0 Å². The van der Waals surface area contributed by atoms with Gasteiger partial charge in [-0.1, -0.05) is 47.5 Å². The Hall–Kier alpha value is -0.0800. The first-order valence-corrected chi connectivity index (χ1v) is 14.1. The summed E-state index contributed by atoms with van der Waals surface area (Å²) in [6.07, 6.45) is 16.4. The van der Waals surface area contributed by atoms with Crippen LogP contribution in [-0.4, -0.2) is 49.6 Å². The number of hydrogen-bond acceptors (Lipinski definition) is 2. The highest BCUT2D eigenvalue weighted by molar-refractivity contribution is 5.05. The predicted octanol–water partition coefficient (Wildman–Crippen LogP) is 7.09. The van der Waals surface area contributed by atoms with Crippen LogP contribution >= 0.6 is 0 Å². The Morgan fingerprint density at radius 3 is 2.16 bits per heavy atom. The first-order chi connectivity index (χ1) is 14.7. The van der Waals surface area contributed by atoms with E-state index in [4.69, 9.17) is 0 Å². The number of nitrogens with zero attached hydrogens (tertiary/aromatic N) is 2. The lowest BCUT2D eigenvalue weighted by Crippen LogP contribution is -2.50. The molecule has 2 aliphatic carbocycles. The lowest BCUT2D eigenvalue weighted by Gasteiger charge is -2.57. The van der Waals surface area contributed by atoms with Gasteiger partial charge in [-0.2, -0.15) is 0 Å². The van der Waals surface area contributed by atoms with Crippen LogP contribution in [0.3, 0.4) is 0 Å². The van der Waals surface area contributed by atoms with Gasteiger partial charge in [0.25, 0.3) is 0 Å². The van der Waals surface area contributed by atoms with Gasteiger partial charge in [-0.05, 0) is 137 Å². The lowest BCUT2D eigenvalue weighted by atomic mass is 9.50. The van der Waals surface area contributed by atoms with E-state index in [-0.39, 0.29) is 0 Å². The van der Waals surface area contributed by atoms with E-state index in [0.29, 0.717) is 5.41 Å². The third kappa shape index (κ3) is 5.21. The molecule has 2 nitrogen and oxygen atoms in total. The van der Waals surface area contributed by atoms with E-state index in [0.717, 1.165) is 34.5 Å². The minimum Gasteiger partial charge on any atom is -0.306 e. The summed E-state index contributed by atoms with van der Waals surface area (Å²) < 4.78 is 0. The third-order valence-corrected chi connectivity index (χ3v) is 11.3. The molecule has 2 spiro atoms. The molecule has 0 amide bonds. The molecular weight excluding hydrogens is 376 g/mol. The van der Waals surface area contributed by atoms with E-state index in [1.54, 1.807) is 6.42 Å².